The Labute approximate surface area is 143 Å². The van der Waals surface area contributed by atoms with E-state index in [4.69, 9.17) is 4.74 Å². The molecular formula is C20H37NO2. The average Bonchev–Trinajstić information content (AvgIpc) is 2.97. The monoisotopic (exact) mass is 323 g/mol. The van der Waals surface area contributed by atoms with Gasteiger partial charge in [0, 0.05) is 5.41 Å². The SMILES string of the molecule is CN(C)C(C)(CC(C)(C)C)C(=O)OC(C)(C)C12CCC(CC1)C2. The highest BCUT2D eigenvalue weighted by Gasteiger charge is 2.56. The number of hydrogen-bond donors (Lipinski definition) is 0. The van der Waals surface area contributed by atoms with Crippen molar-refractivity contribution >= 4 is 5.97 Å². The van der Waals surface area contributed by atoms with Crippen LogP contribution in [0.3, 0.4) is 0 Å². The van der Waals surface area contributed by atoms with E-state index in [-0.39, 0.29) is 22.4 Å². The van der Waals surface area contributed by atoms with Gasteiger partial charge in [-0.1, -0.05) is 20.8 Å². The molecule has 3 heteroatoms. The van der Waals surface area contributed by atoms with E-state index in [1.165, 1.54) is 32.1 Å². The van der Waals surface area contributed by atoms with E-state index in [2.05, 4.69) is 34.6 Å². The Bertz CT molecular complexity index is 453. The second-order valence-electron chi connectivity index (χ2n) is 10.2. The van der Waals surface area contributed by atoms with Crippen molar-refractivity contribution in [2.45, 2.75) is 91.2 Å². The van der Waals surface area contributed by atoms with Gasteiger partial charge in [-0.3, -0.25) is 9.69 Å². The van der Waals surface area contributed by atoms with Crippen LogP contribution in [0.4, 0.5) is 0 Å². The molecule has 1 atom stereocenters. The van der Waals surface area contributed by atoms with Gasteiger partial charge in [0.25, 0.3) is 0 Å². The highest BCUT2D eigenvalue weighted by molar-refractivity contribution is 5.80. The van der Waals surface area contributed by atoms with Gasteiger partial charge in [0.05, 0.1) is 0 Å². The summed E-state index contributed by atoms with van der Waals surface area (Å²) in [6, 6.07) is 0. The smallest absolute Gasteiger partial charge is 0.326 e. The number of likely N-dealkylation sites (N-methyl/N-ethyl adjacent to an activating group) is 1. The molecule has 1 unspecified atom stereocenters. The molecule has 0 aliphatic heterocycles. The number of fused-ring (bicyclic) bond motifs is 2. The van der Waals surface area contributed by atoms with Crippen molar-refractivity contribution in [3.8, 4) is 0 Å². The zero-order valence-corrected chi connectivity index (χ0v) is 16.6. The van der Waals surface area contributed by atoms with E-state index < -0.39 is 5.54 Å². The Morgan fingerprint density at radius 3 is 1.96 bits per heavy atom. The molecule has 2 fully saturated rings. The standard InChI is InChI=1S/C20H37NO2/c1-17(2,3)14-19(6,21(7)8)16(22)23-18(4,5)20-11-9-15(13-20)10-12-20/h15H,9-14H2,1-8H3. The molecule has 134 valence electrons. The van der Waals surface area contributed by atoms with Gasteiger partial charge in [-0.05, 0) is 84.7 Å². The van der Waals surface area contributed by atoms with Crippen molar-refractivity contribution in [1.29, 1.82) is 0 Å². The van der Waals surface area contributed by atoms with E-state index in [9.17, 15) is 4.79 Å². The summed E-state index contributed by atoms with van der Waals surface area (Å²) in [5.74, 6) is 0.801. The van der Waals surface area contributed by atoms with Crippen molar-refractivity contribution < 1.29 is 9.53 Å². The number of nitrogens with zero attached hydrogens (tertiary/aromatic N) is 1. The van der Waals surface area contributed by atoms with Crippen molar-refractivity contribution in [2.24, 2.45) is 16.7 Å². The molecule has 0 heterocycles. The predicted molar refractivity (Wildman–Crippen MR) is 95.3 cm³/mol. The number of rotatable bonds is 5. The summed E-state index contributed by atoms with van der Waals surface area (Å²) in [4.78, 5) is 15.2. The number of hydrogen-bond acceptors (Lipinski definition) is 3. The van der Waals surface area contributed by atoms with E-state index in [1.807, 2.05) is 25.9 Å². The van der Waals surface area contributed by atoms with Crippen LogP contribution in [-0.4, -0.2) is 36.1 Å². The van der Waals surface area contributed by atoms with Crippen molar-refractivity contribution in [3.63, 3.8) is 0 Å². The summed E-state index contributed by atoms with van der Waals surface area (Å²) in [5.41, 5.74) is -0.665. The molecule has 23 heavy (non-hydrogen) atoms. The molecule has 0 aromatic heterocycles. The van der Waals surface area contributed by atoms with E-state index in [0.29, 0.717) is 0 Å². The Morgan fingerprint density at radius 1 is 1.09 bits per heavy atom. The highest BCUT2D eigenvalue weighted by Crippen LogP contribution is 2.60. The molecule has 3 nitrogen and oxygen atoms in total. The number of carbonyl (C=O) groups is 1. The minimum atomic E-state index is -0.581. The van der Waals surface area contributed by atoms with Gasteiger partial charge < -0.3 is 4.74 Å². The van der Waals surface area contributed by atoms with Crippen LogP contribution in [0.25, 0.3) is 0 Å². The van der Waals surface area contributed by atoms with Crippen molar-refractivity contribution in [3.05, 3.63) is 0 Å². The molecule has 0 N–H and O–H groups in total. The fraction of sp³-hybridized carbons (Fsp3) is 0.950. The molecule has 2 bridgehead atoms. The topological polar surface area (TPSA) is 29.5 Å². The van der Waals surface area contributed by atoms with E-state index in [0.717, 1.165) is 12.3 Å². The minimum Gasteiger partial charge on any atom is -0.458 e. The van der Waals surface area contributed by atoms with Gasteiger partial charge in [-0.25, -0.2) is 0 Å². The van der Waals surface area contributed by atoms with Crippen LogP contribution in [0.5, 0.6) is 0 Å². The lowest BCUT2D eigenvalue weighted by Crippen LogP contribution is -2.55. The van der Waals surface area contributed by atoms with E-state index >= 15 is 0 Å². The third kappa shape index (κ3) is 3.45. The molecule has 2 aliphatic carbocycles. The summed E-state index contributed by atoms with van der Waals surface area (Å²) in [6.07, 6.45) is 7.09. The fourth-order valence-corrected chi connectivity index (χ4v) is 4.93. The zero-order chi connectivity index (χ0) is 17.7. The molecule has 0 aromatic carbocycles. The molecule has 0 spiro atoms. The molecule has 0 aromatic rings. The molecule has 2 rings (SSSR count). The van der Waals surface area contributed by atoms with Crippen LogP contribution in [0.2, 0.25) is 0 Å². The fourth-order valence-electron chi connectivity index (χ4n) is 4.93. The van der Waals surface area contributed by atoms with Gasteiger partial charge in [0.15, 0.2) is 0 Å². The minimum absolute atomic E-state index is 0.0628. The predicted octanol–water partition coefficient (Wildman–Crippen LogP) is 4.65. The highest BCUT2D eigenvalue weighted by atomic mass is 16.6. The van der Waals surface area contributed by atoms with Gasteiger partial charge in [0.2, 0.25) is 0 Å². The number of esters is 1. The second kappa shape index (κ2) is 5.75. The Hall–Kier alpha value is -0.570. The van der Waals surface area contributed by atoms with Crippen LogP contribution < -0.4 is 0 Å². The maximum atomic E-state index is 13.2. The number of carbonyl (C=O) groups excluding carboxylic acids is 1. The van der Waals surface area contributed by atoms with Crippen LogP contribution in [-0.2, 0) is 9.53 Å². The maximum absolute atomic E-state index is 13.2. The maximum Gasteiger partial charge on any atom is 0.326 e. The first-order valence-corrected chi connectivity index (χ1v) is 9.22. The summed E-state index contributed by atoms with van der Waals surface area (Å²) in [5, 5.41) is 0. The van der Waals surface area contributed by atoms with Crippen molar-refractivity contribution in [2.75, 3.05) is 14.1 Å². The molecule has 0 saturated heterocycles. The molecule has 0 radical (unpaired) electrons. The molecular weight excluding hydrogens is 286 g/mol. The lowest BCUT2D eigenvalue weighted by atomic mass is 9.71. The molecule has 0 amide bonds. The van der Waals surface area contributed by atoms with E-state index in [1.54, 1.807) is 0 Å². The van der Waals surface area contributed by atoms with Gasteiger partial charge in [0.1, 0.15) is 11.1 Å². The quantitative estimate of drug-likeness (QED) is 0.690. The van der Waals surface area contributed by atoms with Gasteiger partial charge >= 0.3 is 5.97 Å². The first kappa shape index (κ1) is 18.8. The van der Waals surface area contributed by atoms with Crippen LogP contribution in [0, 0.1) is 16.7 Å². The van der Waals surface area contributed by atoms with Crippen LogP contribution in [0.15, 0.2) is 0 Å². The molecule has 2 saturated carbocycles. The zero-order valence-electron chi connectivity index (χ0n) is 16.6. The third-order valence-corrected chi connectivity index (χ3v) is 6.67. The first-order chi connectivity index (χ1) is 10.3. The molecule has 2 aliphatic rings. The largest absolute Gasteiger partial charge is 0.458 e. The number of ether oxygens (including phenoxy) is 1. The third-order valence-electron chi connectivity index (χ3n) is 6.67. The Morgan fingerprint density at radius 2 is 1.61 bits per heavy atom. The van der Waals surface area contributed by atoms with Crippen LogP contribution >= 0.6 is 0 Å². The summed E-state index contributed by atoms with van der Waals surface area (Å²) in [6.45, 7) is 12.9. The van der Waals surface area contributed by atoms with Gasteiger partial charge in [-0.15, -0.1) is 0 Å². The second-order valence-corrected chi connectivity index (χ2v) is 10.2. The summed E-state index contributed by atoms with van der Waals surface area (Å²) in [7, 11) is 3.97. The Balaban J connectivity index is 2.18. The van der Waals surface area contributed by atoms with Crippen molar-refractivity contribution in [1.82, 2.24) is 4.90 Å². The summed E-state index contributed by atoms with van der Waals surface area (Å²) >= 11 is 0. The Kier molecular flexibility index (Phi) is 4.69. The lowest BCUT2D eigenvalue weighted by molar-refractivity contribution is -0.184. The summed E-state index contributed by atoms with van der Waals surface area (Å²) < 4.78 is 6.23. The van der Waals surface area contributed by atoms with Crippen LogP contribution in [0.1, 0.15) is 80.1 Å². The lowest BCUT2D eigenvalue weighted by Gasteiger charge is -2.46. The normalized spacial score (nSPS) is 30.6. The first-order valence-electron chi connectivity index (χ1n) is 9.22. The van der Waals surface area contributed by atoms with Gasteiger partial charge in [-0.2, -0.15) is 0 Å². The average molecular weight is 324 g/mol.